The fourth-order valence-corrected chi connectivity index (χ4v) is 1.33. The van der Waals surface area contributed by atoms with Gasteiger partial charge in [-0.3, -0.25) is 0 Å². The highest BCUT2D eigenvalue weighted by atomic mass is 35.5. The fourth-order valence-electron chi connectivity index (χ4n) is 1.33. The van der Waals surface area contributed by atoms with E-state index in [1.807, 2.05) is 6.07 Å². The molecule has 1 aliphatic rings. The average Bonchev–Trinajstić information content (AvgIpc) is 2.04. The summed E-state index contributed by atoms with van der Waals surface area (Å²) in [5, 5.41) is 9.11. The summed E-state index contributed by atoms with van der Waals surface area (Å²) in [7, 11) is 0. The number of hydrogen-bond donors (Lipinski definition) is 1. The molecule has 0 unspecified atom stereocenters. The van der Waals surface area contributed by atoms with Crippen LogP contribution in [0.15, 0.2) is 18.2 Å². The Morgan fingerprint density at radius 1 is 1.33 bits per heavy atom. The second kappa shape index (κ2) is 3.68. The van der Waals surface area contributed by atoms with Crippen molar-refractivity contribution in [2.45, 2.75) is 12.8 Å². The molecule has 0 spiro atoms. The molecule has 1 aromatic rings. The third kappa shape index (κ3) is 1.64. The first-order valence-electron chi connectivity index (χ1n) is 3.81. The third-order valence-corrected chi connectivity index (χ3v) is 1.90. The second-order valence-corrected chi connectivity index (χ2v) is 2.74. The Morgan fingerprint density at radius 3 is 3.00 bits per heavy atom. The number of phenolic OH excluding ortho intramolecular Hbond substituents is 1. The van der Waals surface area contributed by atoms with Crippen molar-refractivity contribution in [3.8, 4) is 11.5 Å². The van der Waals surface area contributed by atoms with E-state index in [2.05, 4.69) is 0 Å². The van der Waals surface area contributed by atoms with Gasteiger partial charge in [0.15, 0.2) is 0 Å². The molecule has 0 aliphatic carbocycles. The highest BCUT2D eigenvalue weighted by Crippen LogP contribution is 2.27. The molecule has 12 heavy (non-hydrogen) atoms. The van der Waals surface area contributed by atoms with Crippen LogP contribution in [0.5, 0.6) is 11.5 Å². The number of aromatic hydroxyl groups is 1. The molecule has 1 heterocycles. The van der Waals surface area contributed by atoms with Crippen LogP contribution in [0.3, 0.4) is 0 Å². The summed E-state index contributed by atoms with van der Waals surface area (Å²) in [4.78, 5) is 0. The maximum Gasteiger partial charge on any atom is 0.126 e. The molecule has 1 aromatic carbocycles. The van der Waals surface area contributed by atoms with Gasteiger partial charge in [-0.25, -0.2) is 0 Å². The molecule has 3 heteroatoms. The third-order valence-electron chi connectivity index (χ3n) is 1.90. The minimum Gasteiger partial charge on any atom is -0.508 e. The van der Waals surface area contributed by atoms with Gasteiger partial charge in [0.05, 0.1) is 6.61 Å². The van der Waals surface area contributed by atoms with E-state index in [1.165, 1.54) is 5.56 Å². The normalized spacial score (nSPS) is 14.0. The number of rotatable bonds is 0. The SMILES string of the molecule is Cl.Oc1ccc2c(c1)OCCC2. The van der Waals surface area contributed by atoms with Crippen LogP contribution in [0, 0.1) is 0 Å². The molecule has 0 saturated heterocycles. The lowest BCUT2D eigenvalue weighted by atomic mass is 10.1. The van der Waals surface area contributed by atoms with Gasteiger partial charge in [0.2, 0.25) is 0 Å². The van der Waals surface area contributed by atoms with Gasteiger partial charge in [-0.05, 0) is 24.5 Å². The standard InChI is InChI=1S/C9H10O2.ClH/c10-8-4-3-7-2-1-5-11-9(7)6-8;/h3-4,6,10H,1-2,5H2;1H. The van der Waals surface area contributed by atoms with E-state index in [1.54, 1.807) is 12.1 Å². The van der Waals surface area contributed by atoms with Crippen molar-refractivity contribution < 1.29 is 9.84 Å². The van der Waals surface area contributed by atoms with E-state index in [9.17, 15) is 0 Å². The van der Waals surface area contributed by atoms with Crippen LogP contribution in [0.1, 0.15) is 12.0 Å². The summed E-state index contributed by atoms with van der Waals surface area (Å²) in [6.45, 7) is 0.774. The zero-order chi connectivity index (χ0) is 7.68. The lowest BCUT2D eigenvalue weighted by molar-refractivity contribution is 0.286. The highest BCUT2D eigenvalue weighted by molar-refractivity contribution is 5.85. The van der Waals surface area contributed by atoms with Crippen LogP contribution in [-0.2, 0) is 6.42 Å². The van der Waals surface area contributed by atoms with Gasteiger partial charge >= 0.3 is 0 Å². The molecule has 0 fully saturated rings. The molecule has 0 radical (unpaired) electrons. The Bertz CT molecular complexity index is 273. The molecule has 0 amide bonds. The highest BCUT2D eigenvalue weighted by Gasteiger charge is 2.09. The minimum atomic E-state index is 0. The van der Waals surface area contributed by atoms with Gasteiger partial charge in [-0.1, -0.05) is 6.07 Å². The first-order valence-corrected chi connectivity index (χ1v) is 3.81. The van der Waals surface area contributed by atoms with E-state index in [-0.39, 0.29) is 18.2 Å². The lowest BCUT2D eigenvalue weighted by Gasteiger charge is -2.16. The van der Waals surface area contributed by atoms with Crippen LogP contribution in [-0.4, -0.2) is 11.7 Å². The smallest absolute Gasteiger partial charge is 0.126 e. The van der Waals surface area contributed by atoms with Crippen LogP contribution >= 0.6 is 12.4 Å². The van der Waals surface area contributed by atoms with Crippen molar-refractivity contribution in [3.05, 3.63) is 23.8 Å². The Morgan fingerprint density at radius 2 is 2.17 bits per heavy atom. The molecule has 0 saturated carbocycles. The van der Waals surface area contributed by atoms with Gasteiger partial charge < -0.3 is 9.84 Å². The van der Waals surface area contributed by atoms with E-state index in [0.29, 0.717) is 0 Å². The zero-order valence-electron chi connectivity index (χ0n) is 6.62. The summed E-state index contributed by atoms with van der Waals surface area (Å²) in [5.74, 6) is 1.13. The van der Waals surface area contributed by atoms with Gasteiger partial charge in [-0.15, -0.1) is 12.4 Å². The molecule has 66 valence electrons. The summed E-state index contributed by atoms with van der Waals surface area (Å²) >= 11 is 0. The molecule has 0 aromatic heterocycles. The van der Waals surface area contributed by atoms with Gasteiger partial charge in [0, 0.05) is 6.07 Å². The van der Waals surface area contributed by atoms with E-state index < -0.39 is 0 Å². The average molecular weight is 187 g/mol. The molecule has 1 N–H and O–H groups in total. The topological polar surface area (TPSA) is 29.5 Å². The van der Waals surface area contributed by atoms with Gasteiger partial charge in [-0.2, -0.15) is 0 Å². The quantitative estimate of drug-likeness (QED) is 0.673. The molecule has 0 bridgehead atoms. The predicted molar refractivity (Wildman–Crippen MR) is 49.2 cm³/mol. The number of ether oxygens (including phenoxy) is 1. The van der Waals surface area contributed by atoms with Crippen LogP contribution in [0.25, 0.3) is 0 Å². The Hall–Kier alpha value is -0.890. The number of fused-ring (bicyclic) bond motifs is 1. The van der Waals surface area contributed by atoms with Crippen molar-refractivity contribution >= 4 is 12.4 Å². The summed E-state index contributed by atoms with van der Waals surface area (Å²) in [5.41, 5.74) is 1.20. The van der Waals surface area contributed by atoms with Gasteiger partial charge in [0.1, 0.15) is 11.5 Å². The monoisotopic (exact) mass is 186 g/mol. The molecule has 2 rings (SSSR count). The number of hydrogen-bond acceptors (Lipinski definition) is 2. The Balaban J connectivity index is 0.000000720. The zero-order valence-corrected chi connectivity index (χ0v) is 7.43. The largest absolute Gasteiger partial charge is 0.508 e. The first-order chi connectivity index (χ1) is 5.36. The van der Waals surface area contributed by atoms with Crippen LogP contribution in [0.4, 0.5) is 0 Å². The second-order valence-electron chi connectivity index (χ2n) is 2.74. The van der Waals surface area contributed by atoms with E-state index >= 15 is 0 Å². The molecule has 2 nitrogen and oxygen atoms in total. The number of phenols is 1. The predicted octanol–water partition coefficient (Wildman–Crippen LogP) is 2.14. The van der Waals surface area contributed by atoms with Gasteiger partial charge in [0.25, 0.3) is 0 Å². The summed E-state index contributed by atoms with van der Waals surface area (Å²) < 4.78 is 5.34. The molecule has 0 atom stereocenters. The molecular formula is C9H11ClO2. The number of halogens is 1. The van der Waals surface area contributed by atoms with Crippen molar-refractivity contribution in [2.75, 3.05) is 6.61 Å². The van der Waals surface area contributed by atoms with Crippen molar-refractivity contribution in [2.24, 2.45) is 0 Å². The van der Waals surface area contributed by atoms with E-state index in [4.69, 9.17) is 9.84 Å². The maximum absolute atomic E-state index is 9.11. The van der Waals surface area contributed by atoms with E-state index in [0.717, 1.165) is 25.2 Å². The molecular weight excluding hydrogens is 176 g/mol. The van der Waals surface area contributed by atoms with Crippen LogP contribution in [0.2, 0.25) is 0 Å². The van der Waals surface area contributed by atoms with Crippen molar-refractivity contribution in [1.82, 2.24) is 0 Å². The lowest BCUT2D eigenvalue weighted by Crippen LogP contribution is -2.07. The first kappa shape index (κ1) is 9.20. The van der Waals surface area contributed by atoms with Crippen LogP contribution < -0.4 is 4.74 Å². The summed E-state index contributed by atoms with van der Waals surface area (Å²) in [6.07, 6.45) is 2.15. The number of aryl methyl sites for hydroxylation is 1. The Labute approximate surface area is 77.6 Å². The van der Waals surface area contributed by atoms with Crippen molar-refractivity contribution in [3.63, 3.8) is 0 Å². The fraction of sp³-hybridized carbons (Fsp3) is 0.333. The minimum absolute atomic E-state index is 0. The molecule has 1 aliphatic heterocycles. The number of benzene rings is 1. The maximum atomic E-state index is 9.11. The van der Waals surface area contributed by atoms with Crippen molar-refractivity contribution in [1.29, 1.82) is 0 Å². The summed E-state index contributed by atoms with van der Waals surface area (Å²) in [6, 6.07) is 5.30. The Kier molecular flexibility index (Phi) is 2.82.